The highest BCUT2D eigenvalue weighted by Gasteiger charge is 2.27. The molecule has 1 aliphatic heterocycles. The van der Waals surface area contributed by atoms with E-state index >= 15 is 0 Å². The first-order valence-electron chi connectivity index (χ1n) is 13.8. The molecule has 2 atom stereocenters. The summed E-state index contributed by atoms with van der Waals surface area (Å²) in [5, 5.41) is 21.0. The second-order valence-corrected chi connectivity index (χ2v) is 11.0. The number of rotatable bonds is 15. The Morgan fingerprint density at radius 1 is 1.21 bits per heavy atom. The van der Waals surface area contributed by atoms with Crippen molar-refractivity contribution < 1.29 is 19.4 Å². The van der Waals surface area contributed by atoms with Crippen LogP contribution in [0.1, 0.15) is 56.5 Å². The van der Waals surface area contributed by atoms with Crippen molar-refractivity contribution in [2.45, 2.75) is 64.6 Å². The lowest BCUT2D eigenvalue weighted by Gasteiger charge is -2.31. The van der Waals surface area contributed by atoms with Gasteiger partial charge in [0.05, 0.1) is 25.4 Å². The van der Waals surface area contributed by atoms with Gasteiger partial charge in [-0.1, -0.05) is 42.5 Å². The molecule has 8 nitrogen and oxygen atoms in total. The molecule has 212 valence electrons. The van der Waals surface area contributed by atoms with Crippen molar-refractivity contribution in [1.82, 2.24) is 10.6 Å². The first-order valence-corrected chi connectivity index (χ1v) is 13.8. The predicted molar refractivity (Wildman–Crippen MR) is 157 cm³/mol. The van der Waals surface area contributed by atoms with Crippen molar-refractivity contribution in [1.29, 1.82) is 0 Å². The Bertz CT molecular complexity index is 1120. The number of aliphatic hydroxyl groups excluding tert-OH is 1. The van der Waals surface area contributed by atoms with E-state index in [0.29, 0.717) is 50.4 Å². The Labute approximate surface area is 232 Å². The Hall–Kier alpha value is -3.20. The van der Waals surface area contributed by atoms with Gasteiger partial charge in [0.15, 0.2) is 0 Å². The standard InChI is InChI=1S/C31H44N4O4/c1-6-32-25-16-24(17-26(18-25)35-14-10-13-29(35)37)30(38)34-27(15-23-11-8-7-9-12-23)28(36)19-33-31(4,5)21-39-20-22(2)3/h7-9,11-12,16-18,27-28,32-33,36H,2,6,10,13-15,19-21H2,1,3-5H3,(H,34,38). The summed E-state index contributed by atoms with van der Waals surface area (Å²) in [6.07, 6.45) is 0.927. The van der Waals surface area contributed by atoms with Gasteiger partial charge >= 0.3 is 0 Å². The summed E-state index contributed by atoms with van der Waals surface area (Å²) < 4.78 is 5.72. The van der Waals surface area contributed by atoms with Gasteiger partial charge in [-0.05, 0) is 64.3 Å². The number of β-amino-alcohol motifs (C(OH)–C–C–N with tert-alkyl or cyclic N) is 1. The van der Waals surface area contributed by atoms with Gasteiger partial charge in [-0.15, -0.1) is 0 Å². The third-order valence-electron chi connectivity index (χ3n) is 6.63. The largest absolute Gasteiger partial charge is 0.390 e. The summed E-state index contributed by atoms with van der Waals surface area (Å²) in [7, 11) is 0. The quantitative estimate of drug-likeness (QED) is 0.258. The fraction of sp³-hybridized carbons (Fsp3) is 0.484. The molecule has 2 aromatic rings. The number of nitrogens with one attached hydrogen (secondary N) is 3. The van der Waals surface area contributed by atoms with Crippen LogP contribution in [0.2, 0.25) is 0 Å². The molecule has 39 heavy (non-hydrogen) atoms. The van der Waals surface area contributed by atoms with Crippen molar-refractivity contribution in [2.75, 3.05) is 43.1 Å². The first-order chi connectivity index (χ1) is 18.6. The molecule has 1 saturated heterocycles. The molecule has 1 aliphatic rings. The average molecular weight is 537 g/mol. The Kier molecular flexibility index (Phi) is 11.1. The zero-order chi connectivity index (χ0) is 28.4. The topological polar surface area (TPSA) is 103 Å². The lowest BCUT2D eigenvalue weighted by molar-refractivity contribution is -0.117. The normalized spacial score (nSPS) is 15.2. The molecule has 1 fully saturated rings. The smallest absolute Gasteiger partial charge is 0.251 e. The van der Waals surface area contributed by atoms with Crippen molar-refractivity contribution in [3.05, 3.63) is 71.8 Å². The minimum Gasteiger partial charge on any atom is -0.390 e. The number of hydrogen-bond donors (Lipinski definition) is 4. The van der Waals surface area contributed by atoms with Crippen LogP contribution >= 0.6 is 0 Å². The van der Waals surface area contributed by atoms with E-state index < -0.39 is 12.1 Å². The molecule has 4 N–H and O–H groups in total. The van der Waals surface area contributed by atoms with Gasteiger partial charge in [-0.2, -0.15) is 0 Å². The van der Waals surface area contributed by atoms with Crippen LogP contribution in [0.4, 0.5) is 11.4 Å². The molecule has 1 heterocycles. The Balaban J connectivity index is 1.77. The number of carbonyl (C=O) groups excluding carboxylic acids is 2. The van der Waals surface area contributed by atoms with Crippen molar-refractivity contribution in [2.24, 2.45) is 0 Å². The van der Waals surface area contributed by atoms with Crippen LogP contribution < -0.4 is 20.9 Å². The highest BCUT2D eigenvalue weighted by Crippen LogP contribution is 2.27. The highest BCUT2D eigenvalue weighted by atomic mass is 16.5. The molecule has 0 bridgehead atoms. The van der Waals surface area contributed by atoms with Gasteiger partial charge in [-0.3, -0.25) is 9.59 Å². The Morgan fingerprint density at radius 2 is 1.95 bits per heavy atom. The lowest BCUT2D eigenvalue weighted by Crippen LogP contribution is -2.53. The monoisotopic (exact) mass is 536 g/mol. The zero-order valence-electron chi connectivity index (χ0n) is 23.8. The van der Waals surface area contributed by atoms with E-state index in [2.05, 4.69) is 22.5 Å². The lowest BCUT2D eigenvalue weighted by atomic mass is 9.99. The van der Waals surface area contributed by atoms with Gasteiger partial charge in [0.2, 0.25) is 5.91 Å². The van der Waals surface area contributed by atoms with E-state index in [0.717, 1.165) is 23.2 Å². The zero-order valence-corrected chi connectivity index (χ0v) is 23.8. The van der Waals surface area contributed by atoms with Gasteiger partial charge in [-0.25, -0.2) is 0 Å². The minimum atomic E-state index is -0.855. The summed E-state index contributed by atoms with van der Waals surface area (Å²) in [6, 6.07) is 14.7. The second-order valence-electron chi connectivity index (χ2n) is 11.0. The molecule has 2 aromatic carbocycles. The minimum absolute atomic E-state index is 0.0632. The fourth-order valence-electron chi connectivity index (χ4n) is 4.58. The van der Waals surface area contributed by atoms with Crippen LogP contribution in [-0.4, -0.2) is 67.5 Å². The van der Waals surface area contributed by atoms with Crippen LogP contribution in [0.3, 0.4) is 0 Å². The second kappa shape index (κ2) is 14.3. The molecule has 0 spiro atoms. The van der Waals surface area contributed by atoms with E-state index in [9.17, 15) is 14.7 Å². The summed E-state index contributed by atoms with van der Waals surface area (Å²) in [5.74, 6) is -0.236. The fourth-order valence-corrected chi connectivity index (χ4v) is 4.58. The van der Waals surface area contributed by atoms with Crippen LogP contribution in [0, 0.1) is 0 Å². The van der Waals surface area contributed by atoms with Gasteiger partial charge in [0.1, 0.15) is 0 Å². The van der Waals surface area contributed by atoms with Gasteiger partial charge in [0, 0.05) is 48.5 Å². The maximum atomic E-state index is 13.6. The van der Waals surface area contributed by atoms with E-state index in [-0.39, 0.29) is 23.9 Å². The van der Waals surface area contributed by atoms with Crippen LogP contribution in [0.15, 0.2) is 60.7 Å². The molecule has 0 radical (unpaired) electrons. The number of hydrogen-bond acceptors (Lipinski definition) is 6. The number of nitrogens with zero attached hydrogens (tertiary/aromatic N) is 1. The molecule has 2 unspecified atom stereocenters. The summed E-state index contributed by atoms with van der Waals surface area (Å²) in [6.45, 7) is 14.3. The maximum Gasteiger partial charge on any atom is 0.251 e. The molecule has 3 rings (SSSR count). The maximum absolute atomic E-state index is 13.6. The molecule has 0 aliphatic carbocycles. The molecule has 8 heteroatoms. The molecular formula is C31H44N4O4. The first kappa shape index (κ1) is 30.3. The summed E-state index contributed by atoms with van der Waals surface area (Å²) in [4.78, 5) is 27.7. The highest BCUT2D eigenvalue weighted by molar-refractivity contribution is 6.00. The molecule has 0 aromatic heterocycles. The van der Waals surface area contributed by atoms with Gasteiger partial charge < -0.3 is 30.7 Å². The van der Waals surface area contributed by atoms with Crippen LogP contribution in [0.25, 0.3) is 0 Å². The van der Waals surface area contributed by atoms with Crippen molar-refractivity contribution >= 4 is 23.2 Å². The summed E-state index contributed by atoms with van der Waals surface area (Å²) >= 11 is 0. The number of carbonyl (C=O) groups is 2. The molecule has 2 amide bonds. The van der Waals surface area contributed by atoms with Crippen LogP contribution in [-0.2, 0) is 16.0 Å². The number of amides is 2. The van der Waals surface area contributed by atoms with Crippen molar-refractivity contribution in [3.63, 3.8) is 0 Å². The SMILES string of the molecule is C=C(C)COCC(C)(C)NCC(O)C(Cc1ccccc1)NC(=O)c1cc(NCC)cc(N2CCCC2=O)c1. The van der Waals surface area contributed by atoms with E-state index in [1.807, 2.05) is 64.1 Å². The molecular weight excluding hydrogens is 492 g/mol. The van der Waals surface area contributed by atoms with E-state index in [4.69, 9.17) is 4.74 Å². The average Bonchev–Trinajstić information content (AvgIpc) is 3.33. The third kappa shape index (κ3) is 9.49. The number of anilines is 2. The Morgan fingerprint density at radius 3 is 2.59 bits per heavy atom. The van der Waals surface area contributed by atoms with Crippen molar-refractivity contribution in [3.8, 4) is 0 Å². The summed E-state index contributed by atoms with van der Waals surface area (Å²) in [5.41, 5.74) is 3.50. The van der Waals surface area contributed by atoms with Crippen LogP contribution in [0.5, 0.6) is 0 Å². The van der Waals surface area contributed by atoms with E-state index in [1.165, 1.54) is 0 Å². The van der Waals surface area contributed by atoms with Gasteiger partial charge in [0.25, 0.3) is 5.91 Å². The number of aliphatic hydroxyl groups is 1. The third-order valence-corrected chi connectivity index (χ3v) is 6.63. The molecule has 0 saturated carbocycles. The van der Waals surface area contributed by atoms with E-state index in [1.54, 1.807) is 17.0 Å². The predicted octanol–water partition coefficient (Wildman–Crippen LogP) is 3.91. The number of ether oxygens (including phenoxy) is 1. The number of benzene rings is 2.